The minimum absolute atomic E-state index is 0.00180. The van der Waals surface area contributed by atoms with E-state index in [1.54, 1.807) is 19.2 Å². The molecule has 1 N–H and O–H groups in total. The number of nitrogens with zero attached hydrogens (tertiary/aromatic N) is 1. The highest BCUT2D eigenvalue weighted by atomic mass is 19.1. The standard InChI is InChI=1S/C27H29F2NO4/c1-17-21(28)13-14-22(29)23(17)24-20(27(33)34-3)16-30(2)25(24)26(32)19-11-9-18(10-12-19)8-6-4-5-7-15-31/h9-14,16,31H,4-8,15H2,1-3H3. The third kappa shape index (κ3) is 5.25. The van der Waals surface area contributed by atoms with Gasteiger partial charge in [0.2, 0.25) is 5.78 Å². The van der Waals surface area contributed by atoms with Gasteiger partial charge in [-0.3, -0.25) is 4.79 Å². The Labute approximate surface area is 198 Å². The lowest BCUT2D eigenvalue weighted by atomic mass is 9.93. The highest BCUT2D eigenvalue weighted by Crippen LogP contribution is 2.36. The van der Waals surface area contributed by atoms with E-state index in [1.807, 2.05) is 12.1 Å². The zero-order valence-corrected chi connectivity index (χ0v) is 19.7. The molecule has 0 fully saturated rings. The molecule has 0 bridgehead atoms. The van der Waals surface area contributed by atoms with Crippen LogP contribution in [0.3, 0.4) is 0 Å². The van der Waals surface area contributed by atoms with Crippen molar-refractivity contribution in [3.8, 4) is 11.1 Å². The van der Waals surface area contributed by atoms with Crippen molar-refractivity contribution in [3.05, 3.63) is 82.2 Å². The number of halogens is 2. The predicted molar refractivity (Wildman–Crippen MR) is 126 cm³/mol. The molecular formula is C27H29F2NO4. The molecule has 0 radical (unpaired) electrons. The van der Waals surface area contributed by atoms with E-state index in [9.17, 15) is 18.4 Å². The Morgan fingerprint density at radius 1 is 0.941 bits per heavy atom. The second kappa shape index (κ2) is 11.2. The molecule has 0 spiro atoms. The summed E-state index contributed by atoms with van der Waals surface area (Å²) in [7, 11) is 2.77. The van der Waals surface area contributed by atoms with Crippen molar-refractivity contribution >= 4 is 11.8 Å². The number of esters is 1. The molecule has 180 valence electrons. The second-order valence-electron chi connectivity index (χ2n) is 8.31. The number of benzene rings is 2. The molecule has 0 aliphatic heterocycles. The zero-order chi connectivity index (χ0) is 24.8. The van der Waals surface area contributed by atoms with Gasteiger partial charge in [0.15, 0.2) is 0 Å². The molecule has 7 heteroatoms. The fourth-order valence-electron chi connectivity index (χ4n) is 4.13. The summed E-state index contributed by atoms with van der Waals surface area (Å²) in [5.74, 6) is -2.53. The highest BCUT2D eigenvalue weighted by molar-refractivity contribution is 6.15. The lowest BCUT2D eigenvalue weighted by Crippen LogP contribution is -2.10. The van der Waals surface area contributed by atoms with Crippen LogP contribution in [0.5, 0.6) is 0 Å². The molecule has 34 heavy (non-hydrogen) atoms. The Morgan fingerprint density at radius 2 is 1.59 bits per heavy atom. The van der Waals surface area contributed by atoms with Gasteiger partial charge in [-0.1, -0.05) is 37.1 Å². The van der Waals surface area contributed by atoms with Crippen LogP contribution >= 0.6 is 0 Å². The van der Waals surface area contributed by atoms with E-state index in [0.29, 0.717) is 5.56 Å². The molecule has 0 atom stereocenters. The van der Waals surface area contributed by atoms with Crippen LogP contribution in [0.4, 0.5) is 8.78 Å². The number of aryl methyl sites for hydroxylation is 2. The second-order valence-corrected chi connectivity index (χ2v) is 8.31. The molecule has 1 heterocycles. The quantitative estimate of drug-likeness (QED) is 0.246. The van der Waals surface area contributed by atoms with Crippen LogP contribution in [-0.2, 0) is 18.2 Å². The third-order valence-electron chi connectivity index (χ3n) is 5.99. The first-order chi connectivity index (χ1) is 16.3. The maximum Gasteiger partial charge on any atom is 0.340 e. The molecule has 0 saturated heterocycles. The Balaban J connectivity index is 2.00. The van der Waals surface area contributed by atoms with E-state index in [2.05, 4.69) is 0 Å². The summed E-state index contributed by atoms with van der Waals surface area (Å²) in [6.45, 7) is 1.61. The highest BCUT2D eigenvalue weighted by Gasteiger charge is 2.29. The van der Waals surface area contributed by atoms with Crippen LogP contribution in [0.15, 0.2) is 42.6 Å². The van der Waals surface area contributed by atoms with Crippen LogP contribution < -0.4 is 0 Å². The fourth-order valence-corrected chi connectivity index (χ4v) is 4.13. The summed E-state index contributed by atoms with van der Waals surface area (Å²) in [4.78, 5) is 26.0. The smallest absolute Gasteiger partial charge is 0.340 e. The van der Waals surface area contributed by atoms with Crippen molar-refractivity contribution in [2.75, 3.05) is 13.7 Å². The molecule has 0 saturated carbocycles. The van der Waals surface area contributed by atoms with Gasteiger partial charge in [-0.25, -0.2) is 13.6 Å². The number of aromatic nitrogens is 1. The molecule has 0 unspecified atom stereocenters. The number of hydrogen-bond donors (Lipinski definition) is 1. The number of aliphatic hydroxyl groups excluding tert-OH is 1. The number of unbranched alkanes of at least 4 members (excludes halogenated alkanes) is 3. The molecule has 0 amide bonds. The van der Waals surface area contributed by atoms with Gasteiger partial charge < -0.3 is 14.4 Å². The minimum atomic E-state index is -0.746. The number of hydrogen-bond acceptors (Lipinski definition) is 4. The molecule has 0 aliphatic rings. The van der Waals surface area contributed by atoms with Crippen LogP contribution in [0.2, 0.25) is 0 Å². The average molecular weight is 470 g/mol. The maximum absolute atomic E-state index is 14.9. The number of aliphatic hydroxyl groups is 1. The van der Waals surface area contributed by atoms with Crippen molar-refractivity contribution < 1.29 is 28.2 Å². The van der Waals surface area contributed by atoms with Crippen LogP contribution in [0.1, 0.15) is 63.2 Å². The molecule has 3 aromatic rings. The van der Waals surface area contributed by atoms with Crippen LogP contribution in [0, 0.1) is 18.6 Å². The van der Waals surface area contributed by atoms with Crippen molar-refractivity contribution in [2.24, 2.45) is 7.05 Å². The molecule has 1 aromatic heterocycles. The van der Waals surface area contributed by atoms with Gasteiger partial charge in [0.25, 0.3) is 0 Å². The topological polar surface area (TPSA) is 68.5 Å². The Bertz CT molecular complexity index is 1180. The largest absolute Gasteiger partial charge is 0.465 e. The summed E-state index contributed by atoms with van der Waals surface area (Å²) in [6, 6.07) is 9.14. The number of methoxy groups -OCH3 is 1. The molecule has 3 rings (SSSR count). The van der Waals surface area contributed by atoms with Gasteiger partial charge in [0.05, 0.1) is 18.4 Å². The van der Waals surface area contributed by atoms with E-state index < -0.39 is 23.4 Å². The number of carbonyl (C=O) groups excluding carboxylic acids is 2. The van der Waals surface area contributed by atoms with Gasteiger partial charge in [-0.15, -0.1) is 0 Å². The average Bonchev–Trinajstić information content (AvgIpc) is 3.17. The van der Waals surface area contributed by atoms with E-state index in [4.69, 9.17) is 9.84 Å². The van der Waals surface area contributed by atoms with Gasteiger partial charge in [-0.2, -0.15) is 0 Å². The number of ketones is 1. The summed E-state index contributed by atoms with van der Waals surface area (Å²) in [5, 5.41) is 8.86. The Morgan fingerprint density at radius 3 is 2.24 bits per heavy atom. The van der Waals surface area contributed by atoms with E-state index >= 15 is 0 Å². The van der Waals surface area contributed by atoms with Gasteiger partial charge in [0.1, 0.15) is 11.6 Å². The Kier molecular flexibility index (Phi) is 8.34. The van der Waals surface area contributed by atoms with Gasteiger partial charge >= 0.3 is 5.97 Å². The summed E-state index contributed by atoms with van der Waals surface area (Å²) in [6.07, 6.45) is 6.03. The normalized spacial score (nSPS) is 11.0. The fraction of sp³-hybridized carbons (Fsp3) is 0.333. The van der Waals surface area contributed by atoms with E-state index in [-0.39, 0.29) is 34.6 Å². The van der Waals surface area contributed by atoms with Crippen molar-refractivity contribution in [1.82, 2.24) is 4.57 Å². The summed E-state index contributed by atoms with van der Waals surface area (Å²) in [5.41, 5.74) is 1.39. The molecular weight excluding hydrogens is 440 g/mol. The van der Waals surface area contributed by atoms with Crippen LogP contribution in [-0.4, -0.2) is 35.1 Å². The predicted octanol–water partition coefficient (Wildman–Crippen LogP) is 5.39. The number of carbonyl (C=O) groups is 2. The summed E-state index contributed by atoms with van der Waals surface area (Å²) >= 11 is 0. The van der Waals surface area contributed by atoms with Crippen molar-refractivity contribution in [1.29, 1.82) is 0 Å². The first-order valence-corrected chi connectivity index (χ1v) is 11.3. The maximum atomic E-state index is 14.9. The third-order valence-corrected chi connectivity index (χ3v) is 5.99. The van der Waals surface area contributed by atoms with Gasteiger partial charge in [0, 0.05) is 36.5 Å². The number of ether oxygens (including phenoxy) is 1. The first-order valence-electron chi connectivity index (χ1n) is 11.3. The monoisotopic (exact) mass is 469 g/mol. The van der Waals surface area contributed by atoms with Crippen molar-refractivity contribution in [2.45, 2.75) is 39.0 Å². The lowest BCUT2D eigenvalue weighted by molar-refractivity contribution is 0.0601. The van der Waals surface area contributed by atoms with Crippen molar-refractivity contribution in [3.63, 3.8) is 0 Å². The molecule has 5 nitrogen and oxygen atoms in total. The molecule has 2 aromatic carbocycles. The Hall–Kier alpha value is -3.32. The van der Waals surface area contributed by atoms with Crippen LogP contribution in [0.25, 0.3) is 11.1 Å². The zero-order valence-electron chi connectivity index (χ0n) is 19.7. The minimum Gasteiger partial charge on any atom is -0.465 e. The summed E-state index contributed by atoms with van der Waals surface area (Å²) < 4.78 is 35.6. The lowest BCUT2D eigenvalue weighted by Gasteiger charge is -2.13. The van der Waals surface area contributed by atoms with Gasteiger partial charge in [-0.05, 0) is 49.4 Å². The SMILES string of the molecule is COC(=O)c1cn(C)c(C(=O)c2ccc(CCCCCCO)cc2)c1-c1c(F)ccc(F)c1C. The van der Waals surface area contributed by atoms with E-state index in [1.165, 1.54) is 24.8 Å². The first kappa shape index (κ1) is 25.3. The molecule has 0 aliphatic carbocycles. The van der Waals surface area contributed by atoms with E-state index in [0.717, 1.165) is 49.8 Å². The number of rotatable bonds is 10.